The normalized spacial score (nSPS) is 14.2. The minimum atomic E-state index is -4.53. The number of hydrogen-bond donors (Lipinski definition) is 1. The molecule has 1 fully saturated rings. The summed E-state index contributed by atoms with van der Waals surface area (Å²) in [7, 11) is 0. The lowest BCUT2D eigenvalue weighted by molar-refractivity contribution is -0.138. The SMILES string of the molecule is CCc1ccc2c(=O)[nH]nc(Cc3ccc(F)c(C(=O)N4CCN(c5ncc(C(F)(F)F)cn5)CC4)c3)c2c1. The Hall–Kier alpha value is -4.35. The van der Waals surface area contributed by atoms with Crippen molar-refractivity contribution in [3.63, 3.8) is 0 Å². The molecular weight excluding hydrogens is 516 g/mol. The number of aryl methyl sites for hydroxylation is 1. The smallest absolute Gasteiger partial charge is 0.337 e. The highest BCUT2D eigenvalue weighted by atomic mass is 19.4. The first-order valence-electron chi connectivity index (χ1n) is 12.4. The molecule has 1 amide bonds. The fraction of sp³-hybridized carbons (Fsp3) is 0.296. The molecule has 39 heavy (non-hydrogen) atoms. The Labute approximate surface area is 220 Å². The van der Waals surface area contributed by atoms with Crippen LogP contribution in [-0.2, 0) is 19.0 Å². The van der Waals surface area contributed by atoms with Crippen molar-refractivity contribution in [3.8, 4) is 0 Å². The minimum Gasteiger partial charge on any atom is -0.337 e. The van der Waals surface area contributed by atoms with E-state index in [2.05, 4.69) is 20.2 Å². The molecule has 1 aliphatic rings. The monoisotopic (exact) mass is 540 g/mol. The van der Waals surface area contributed by atoms with Crippen molar-refractivity contribution in [1.29, 1.82) is 0 Å². The Bertz CT molecular complexity index is 1580. The number of aromatic nitrogens is 4. The van der Waals surface area contributed by atoms with Gasteiger partial charge in [0.2, 0.25) is 5.95 Å². The van der Waals surface area contributed by atoms with E-state index in [4.69, 9.17) is 0 Å². The van der Waals surface area contributed by atoms with Crippen molar-refractivity contribution in [1.82, 2.24) is 25.1 Å². The van der Waals surface area contributed by atoms with Crippen LogP contribution in [0.4, 0.5) is 23.5 Å². The van der Waals surface area contributed by atoms with E-state index >= 15 is 0 Å². The van der Waals surface area contributed by atoms with Crippen molar-refractivity contribution in [2.75, 3.05) is 31.1 Å². The first-order chi connectivity index (χ1) is 18.6. The number of benzene rings is 2. The van der Waals surface area contributed by atoms with Crippen LogP contribution in [0.25, 0.3) is 10.8 Å². The van der Waals surface area contributed by atoms with Gasteiger partial charge in [-0.2, -0.15) is 18.3 Å². The van der Waals surface area contributed by atoms with Gasteiger partial charge in [0.05, 0.1) is 22.2 Å². The number of halogens is 4. The van der Waals surface area contributed by atoms with Crippen molar-refractivity contribution in [2.45, 2.75) is 25.9 Å². The predicted molar refractivity (Wildman–Crippen MR) is 136 cm³/mol. The molecule has 2 aromatic heterocycles. The van der Waals surface area contributed by atoms with Crippen LogP contribution in [0.15, 0.2) is 53.6 Å². The summed E-state index contributed by atoms with van der Waals surface area (Å²) < 4.78 is 53.1. The molecule has 0 spiro atoms. The molecular formula is C27H24F4N6O2. The molecule has 0 unspecified atom stereocenters. The highest BCUT2D eigenvalue weighted by Crippen LogP contribution is 2.28. The van der Waals surface area contributed by atoms with Gasteiger partial charge in [0.15, 0.2) is 0 Å². The van der Waals surface area contributed by atoms with E-state index in [1.54, 1.807) is 17.0 Å². The Morgan fingerprint density at radius 2 is 1.67 bits per heavy atom. The third-order valence-electron chi connectivity index (χ3n) is 6.79. The van der Waals surface area contributed by atoms with Crippen LogP contribution < -0.4 is 10.5 Å². The summed E-state index contributed by atoms with van der Waals surface area (Å²) in [6.07, 6.45) is -2.01. The molecule has 0 saturated carbocycles. The molecule has 1 aliphatic heterocycles. The average Bonchev–Trinajstić information content (AvgIpc) is 2.94. The highest BCUT2D eigenvalue weighted by molar-refractivity contribution is 5.95. The number of anilines is 1. The predicted octanol–water partition coefficient (Wildman–Crippen LogP) is 3.99. The third-order valence-corrected chi connectivity index (χ3v) is 6.79. The van der Waals surface area contributed by atoms with Crippen molar-refractivity contribution in [3.05, 3.63) is 92.9 Å². The zero-order valence-electron chi connectivity index (χ0n) is 20.9. The van der Waals surface area contributed by atoms with Gasteiger partial charge >= 0.3 is 6.18 Å². The number of fused-ring (bicyclic) bond motifs is 1. The fourth-order valence-corrected chi connectivity index (χ4v) is 4.57. The van der Waals surface area contributed by atoms with Gasteiger partial charge in [-0.15, -0.1) is 0 Å². The molecule has 0 atom stereocenters. The Kier molecular flexibility index (Phi) is 7.02. The Balaban J connectivity index is 1.31. The second kappa shape index (κ2) is 10.4. The minimum absolute atomic E-state index is 0.0882. The van der Waals surface area contributed by atoms with Crippen LogP contribution in [0.2, 0.25) is 0 Å². The summed E-state index contributed by atoms with van der Waals surface area (Å²) in [5.41, 5.74) is 0.981. The van der Waals surface area contributed by atoms with E-state index in [1.165, 1.54) is 17.0 Å². The topological polar surface area (TPSA) is 95.1 Å². The average molecular weight is 541 g/mol. The van der Waals surface area contributed by atoms with Crippen LogP contribution in [-0.4, -0.2) is 57.2 Å². The number of aromatic amines is 1. The number of hydrogen-bond acceptors (Lipinski definition) is 6. The van der Waals surface area contributed by atoms with E-state index in [0.29, 0.717) is 22.0 Å². The highest BCUT2D eigenvalue weighted by Gasteiger charge is 2.32. The van der Waals surface area contributed by atoms with E-state index in [-0.39, 0.29) is 49.7 Å². The van der Waals surface area contributed by atoms with Crippen LogP contribution >= 0.6 is 0 Å². The Morgan fingerprint density at radius 3 is 2.33 bits per heavy atom. The molecule has 5 rings (SSSR count). The van der Waals surface area contributed by atoms with Gasteiger partial charge in [-0.25, -0.2) is 19.5 Å². The fourth-order valence-electron chi connectivity index (χ4n) is 4.57. The van der Waals surface area contributed by atoms with Crippen LogP contribution in [0.3, 0.4) is 0 Å². The quantitative estimate of drug-likeness (QED) is 0.385. The lowest BCUT2D eigenvalue weighted by Gasteiger charge is -2.34. The first-order valence-corrected chi connectivity index (χ1v) is 12.4. The molecule has 8 nitrogen and oxygen atoms in total. The largest absolute Gasteiger partial charge is 0.419 e. The van der Waals surface area contributed by atoms with Crippen molar-refractivity contribution < 1.29 is 22.4 Å². The molecule has 1 N–H and O–H groups in total. The molecule has 4 aromatic rings. The molecule has 1 saturated heterocycles. The summed E-state index contributed by atoms with van der Waals surface area (Å²) >= 11 is 0. The maximum atomic E-state index is 14.8. The van der Waals surface area contributed by atoms with E-state index < -0.39 is 23.5 Å². The number of piperazine rings is 1. The van der Waals surface area contributed by atoms with Gasteiger partial charge < -0.3 is 9.80 Å². The van der Waals surface area contributed by atoms with Crippen molar-refractivity contribution in [2.24, 2.45) is 0 Å². The number of alkyl halides is 3. The zero-order valence-corrected chi connectivity index (χ0v) is 20.9. The second-order valence-electron chi connectivity index (χ2n) is 9.27. The van der Waals surface area contributed by atoms with Gasteiger partial charge in [0.25, 0.3) is 11.5 Å². The van der Waals surface area contributed by atoms with Crippen LogP contribution in [0.1, 0.15) is 39.7 Å². The van der Waals surface area contributed by atoms with E-state index in [1.807, 2.05) is 19.1 Å². The molecule has 0 radical (unpaired) electrons. The van der Waals surface area contributed by atoms with E-state index in [0.717, 1.165) is 24.4 Å². The number of nitrogens with zero attached hydrogens (tertiary/aromatic N) is 5. The van der Waals surface area contributed by atoms with Crippen LogP contribution in [0, 0.1) is 5.82 Å². The first kappa shape index (κ1) is 26.3. The molecule has 12 heteroatoms. The maximum absolute atomic E-state index is 14.8. The number of H-pyrrole nitrogens is 1. The number of amides is 1. The summed E-state index contributed by atoms with van der Waals surface area (Å²) in [6.45, 7) is 3.02. The lowest BCUT2D eigenvalue weighted by atomic mass is 10.00. The summed E-state index contributed by atoms with van der Waals surface area (Å²) in [6, 6.07) is 9.87. The van der Waals surface area contributed by atoms with Gasteiger partial charge in [0, 0.05) is 50.4 Å². The molecule has 3 heterocycles. The number of carbonyl (C=O) groups excluding carboxylic acids is 1. The molecule has 2 aromatic carbocycles. The standard InChI is InChI=1S/C27H24F4N6O2/c1-2-16-3-5-19-20(11-16)23(34-35-24(19)38)13-17-4-6-22(28)21(12-17)25(39)36-7-9-37(10-8-36)26-32-14-18(15-33-26)27(29,30)31/h3-6,11-12,14-15H,2,7-10,13H2,1H3,(H,35,38). The molecule has 0 aliphatic carbocycles. The summed E-state index contributed by atoms with van der Waals surface area (Å²) in [5, 5.41) is 7.93. The van der Waals surface area contributed by atoms with Gasteiger partial charge in [-0.1, -0.05) is 19.1 Å². The summed E-state index contributed by atoms with van der Waals surface area (Å²) in [4.78, 5) is 36.2. The third kappa shape index (κ3) is 5.45. The molecule has 202 valence electrons. The lowest BCUT2D eigenvalue weighted by Crippen LogP contribution is -2.49. The van der Waals surface area contributed by atoms with Gasteiger partial charge in [-0.3, -0.25) is 9.59 Å². The number of rotatable bonds is 5. The molecule has 0 bridgehead atoms. The van der Waals surface area contributed by atoms with Gasteiger partial charge in [-0.05, 0) is 41.8 Å². The summed E-state index contributed by atoms with van der Waals surface area (Å²) in [5.74, 6) is -1.02. The Morgan fingerprint density at radius 1 is 0.974 bits per heavy atom. The number of carbonyl (C=O) groups is 1. The zero-order chi connectivity index (χ0) is 27.7. The number of nitrogens with one attached hydrogen (secondary N) is 1. The van der Waals surface area contributed by atoms with Gasteiger partial charge in [0.1, 0.15) is 5.82 Å². The van der Waals surface area contributed by atoms with Crippen molar-refractivity contribution >= 4 is 22.6 Å². The second-order valence-corrected chi connectivity index (χ2v) is 9.27. The van der Waals surface area contributed by atoms with E-state index in [9.17, 15) is 27.2 Å². The maximum Gasteiger partial charge on any atom is 0.419 e. The van der Waals surface area contributed by atoms with Crippen LogP contribution in [0.5, 0.6) is 0 Å².